The van der Waals surface area contributed by atoms with E-state index in [1.807, 2.05) is 6.92 Å². The Morgan fingerprint density at radius 2 is 1.88 bits per heavy atom. The third kappa shape index (κ3) is 8.58. The minimum atomic E-state index is -0.239. The van der Waals surface area contributed by atoms with Gasteiger partial charge in [0.15, 0.2) is 0 Å². The molecule has 0 aromatic carbocycles. The van der Waals surface area contributed by atoms with E-state index in [9.17, 15) is 5.11 Å². The van der Waals surface area contributed by atoms with Crippen molar-refractivity contribution in [3.8, 4) is 0 Å². The number of likely N-dealkylation sites (N-methyl/N-ethyl adjacent to an activating group) is 1. The lowest BCUT2D eigenvalue weighted by molar-refractivity contribution is 0.133. The summed E-state index contributed by atoms with van der Waals surface area (Å²) in [4.78, 5) is 2.21. The lowest BCUT2D eigenvalue weighted by atomic mass is 9.84. The van der Waals surface area contributed by atoms with Gasteiger partial charge in [0.1, 0.15) is 0 Å². The lowest BCUT2D eigenvalue weighted by Crippen LogP contribution is -2.43. The van der Waals surface area contributed by atoms with Gasteiger partial charge in [-0.05, 0) is 45.3 Å². The van der Waals surface area contributed by atoms with Crippen molar-refractivity contribution in [1.82, 2.24) is 10.2 Å². The van der Waals surface area contributed by atoms with E-state index < -0.39 is 0 Å². The van der Waals surface area contributed by atoms with Crippen LogP contribution in [0, 0.1) is 5.41 Å². The number of aliphatic hydroxyl groups is 1. The highest BCUT2D eigenvalue weighted by molar-refractivity contribution is 4.81. The lowest BCUT2D eigenvalue weighted by Gasteiger charge is -2.33. The van der Waals surface area contributed by atoms with Crippen molar-refractivity contribution >= 4 is 0 Å². The predicted octanol–water partition coefficient (Wildman–Crippen LogP) is 2.10. The molecule has 0 aromatic heterocycles. The Balaban J connectivity index is 4.07. The van der Waals surface area contributed by atoms with Crippen LogP contribution in [0.25, 0.3) is 0 Å². The molecule has 0 saturated heterocycles. The third-order valence-corrected chi connectivity index (χ3v) is 3.06. The van der Waals surface area contributed by atoms with Gasteiger partial charge in [0.25, 0.3) is 0 Å². The molecule has 17 heavy (non-hydrogen) atoms. The van der Waals surface area contributed by atoms with Gasteiger partial charge in [0.2, 0.25) is 0 Å². The van der Waals surface area contributed by atoms with E-state index in [-0.39, 0.29) is 6.10 Å². The first-order chi connectivity index (χ1) is 7.77. The second kappa shape index (κ2) is 8.06. The molecule has 0 radical (unpaired) electrons. The molecule has 0 bridgehead atoms. The van der Waals surface area contributed by atoms with Crippen molar-refractivity contribution in [2.45, 2.75) is 59.6 Å². The number of nitrogens with zero attached hydrogens (tertiary/aromatic N) is 1. The highest BCUT2D eigenvalue weighted by Crippen LogP contribution is 2.22. The van der Waals surface area contributed by atoms with Crippen LogP contribution in [0.15, 0.2) is 0 Å². The van der Waals surface area contributed by atoms with E-state index in [4.69, 9.17) is 0 Å². The molecule has 0 spiro atoms. The number of hydrogen-bond donors (Lipinski definition) is 2. The Morgan fingerprint density at radius 1 is 1.29 bits per heavy atom. The largest absolute Gasteiger partial charge is 0.392 e. The topological polar surface area (TPSA) is 35.5 Å². The zero-order valence-corrected chi connectivity index (χ0v) is 12.6. The molecule has 2 unspecified atom stereocenters. The van der Waals surface area contributed by atoms with Gasteiger partial charge in [-0.15, -0.1) is 0 Å². The van der Waals surface area contributed by atoms with Crippen LogP contribution in [-0.2, 0) is 0 Å². The highest BCUT2D eigenvalue weighted by Gasteiger charge is 2.23. The Hall–Kier alpha value is -0.120. The first-order valence-electron chi connectivity index (χ1n) is 6.87. The fourth-order valence-electron chi connectivity index (χ4n) is 2.05. The summed E-state index contributed by atoms with van der Waals surface area (Å²) in [6.07, 6.45) is 2.07. The standard InChI is InChI=1S/C14H32N2O/c1-7-9-15-13(14(3,4)5)8-10-16(6)11-12(2)17/h12-13,15,17H,7-11H2,1-6H3. The minimum absolute atomic E-state index is 0.239. The molecule has 104 valence electrons. The molecule has 0 aromatic rings. The summed E-state index contributed by atoms with van der Waals surface area (Å²) in [6.45, 7) is 13.8. The molecule has 0 rings (SSSR count). The van der Waals surface area contributed by atoms with Crippen molar-refractivity contribution in [1.29, 1.82) is 0 Å². The second-order valence-corrected chi connectivity index (χ2v) is 6.27. The molecule has 3 nitrogen and oxygen atoms in total. The van der Waals surface area contributed by atoms with Gasteiger partial charge in [-0.2, -0.15) is 0 Å². The molecule has 0 amide bonds. The average molecular weight is 244 g/mol. The van der Waals surface area contributed by atoms with Crippen LogP contribution in [0.3, 0.4) is 0 Å². The van der Waals surface area contributed by atoms with E-state index in [2.05, 4.69) is 45.0 Å². The van der Waals surface area contributed by atoms with Crippen LogP contribution >= 0.6 is 0 Å². The van der Waals surface area contributed by atoms with Crippen LogP contribution in [0.1, 0.15) is 47.5 Å². The van der Waals surface area contributed by atoms with Gasteiger partial charge in [-0.25, -0.2) is 0 Å². The monoisotopic (exact) mass is 244 g/mol. The predicted molar refractivity (Wildman–Crippen MR) is 75.3 cm³/mol. The summed E-state index contributed by atoms with van der Waals surface area (Å²) in [5.74, 6) is 0. The summed E-state index contributed by atoms with van der Waals surface area (Å²) in [5.41, 5.74) is 0.293. The normalized spacial score (nSPS) is 16.2. The van der Waals surface area contributed by atoms with Gasteiger partial charge in [0, 0.05) is 12.6 Å². The Morgan fingerprint density at radius 3 is 2.29 bits per heavy atom. The molecule has 2 atom stereocenters. The van der Waals surface area contributed by atoms with Crippen molar-refractivity contribution in [3.05, 3.63) is 0 Å². The summed E-state index contributed by atoms with van der Waals surface area (Å²) >= 11 is 0. The number of rotatable bonds is 8. The smallest absolute Gasteiger partial charge is 0.0638 e. The molecule has 0 aliphatic rings. The van der Waals surface area contributed by atoms with E-state index >= 15 is 0 Å². The van der Waals surface area contributed by atoms with Gasteiger partial charge < -0.3 is 15.3 Å². The van der Waals surface area contributed by atoms with Crippen LogP contribution in [0.2, 0.25) is 0 Å². The van der Waals surface area contributed by atoms with E-state index in [0.717, 1.165) is 26.1 Å². The van der Waals surface area contributed by atoms with E-state index in [0.29, 0.717) is 11.5 Å². The van der Waals surface area contributed by atoms with Crippen LogP contribution in [0.5, 0.6) is 0 Å². The molecule has 2 N–H and O–H groups in total. The summed E-state index contributed by atoms with van der Waals surface area (Å²) in [7, 11) is 2.08. The van der Waals surface area contributed by atoms with Gasteiger partial charge >= 0.3 is 0 Å². The fourth-order valence-corrected chi connectivity index (χ4v) is 2.05. The minimum Gasteiger partial charge on any atom is -0.392 e. The van der Waals surface area contributed by atoms with Gasteiger partial charge in [-0.1, -0.05) is 27.7 Å². The maximum Gasteiger partial charge on any atom is 0.0638 e. The quantitative estimate of drug-likeness (QED) is 0.686. The second-order valence-electron chi connectivity index (χ2n) is 6.27. The molecule has 0 fully saturated rings. The van der Waals surface area contributed by atoms with Crippen molar-refractivity contribution in [3.63, 3.8) is 0 Å². The molecule has 0 aliphatic carbocycles. The zero-order valence-electron chi connectivity index (χ0n) is 12.6. The first kappa shape index (κ1) is 16.9. The van der Waals surface area contributed by atoms with Crippen LogP contribution in [0.4, 0.5) is 0 Å². The molecule has 0 heterocycles. The van der Waals surface area contributed by atoms with Crippen molar-refractivity contribution in [2.24, 2.45) is 5.41 Å². The molecule has 0 saturated carbocycles. The Kier molecular flexibility index (Phi) is 8.01. The highest BCUT2D eigenvalue weighted by atomic mass is 16.3. The Bertz CT molecular complexity index is 187. The van der Waals surface area contributed by atoms with Crippen molar-refractivity contribution < 1.29 is 5.11 Å². The molecule has 0 aliphatic heterocycles. The van der Waals surface area contributed by atoms with Crippen molar-refractivity contribution in [2.75, 3.05) is 26.7 Å². The van der Waals surface area contributed by atoms with Gasteiger partial charge in [0.05, 0.1) is 6.10 Å². The first-order valence-corrected chi connectivity index (χ1v) is 6.87. The molecular formula is C14H32N2O. The average Bonchev–Trinajstić information content (AvgIpc) is 2.14. The van der Waals surface area contributed by atoms with Crippen LogP contribution in [-0.4, -0.2) is 48.8 Å². The van der Waals surface area contributed by atoms with Crippen LogP contribution < -0.4 is 5.32 Å². The molecule has 3 heteroatoms. The summed E-state index contributed by atoms with van der Waals surface area (Å²) in [5, 5.41) is 13.0. The molecular weight excluding hydrogens is 212 g/mol. The SMILES string of the molecule is CCCNC(CCN(C)CC(C)O)C(C)(C)C. The number of nitrogens with one attached hydrogen (secondary N) is 1. The zero-order chi connectivity index (χ0) is 13.5. The Labute approximate surface area is 108 Å². The summed E-state index contributed by atoms with van der Waals surface area (Å²) < 4.78 is 0. The summed E-state index contributed by atoms with van der Waals surface area (Å²) in [6, 6.07) is 0.541. The van der Waals surface area contributed by atoms with E-state index in [1.54, 1.807) is 0 Å². The number of aliphatic hydroxyl groups excluding tert-OH is 1. The van der Waals surface area contributed by atoms with Gasteiger partial charge in [-0.3, -0.25) is 0 Å². The maximum atomic E-state index is 9.33. The van der Waals surface area contributed by atoms with E-state index in [1.165, 1.54) is 6.42 Å². The maximum absolute atomic E-state index is 9.33. The number of hydrogen-bond acceptors (Lipinski definition) is 3. The fraction of sp³-hybridized carbons (Fsp3) is 1.00. The third-order valence-electron chi connectivity index (χ3n) is 3.06.